The Hall–Kier alpha value is -3.22. The van der Waals surface area contributed by atoms with Crippen LogP contribution in [0.2, 0.25) is 0 Å². The summed E-state index contributed by atoms with van der Waals surface area (Å²) in [4.78, 5) is 15.3. The van der Waals surface area contributed by atoms with Gasteiger partial charge in [-0.1, -0.05) is 5.92 Å². The number of pyridine rings is 1. The van der Waals surface area contributed by atoms with Gasteiger partial charge in [-0.2, -0.15) is 13.2 Å². The van der Waals surface area contributed by atoms with Crippen molar-refractivity contribution in [2.24, 2.45) is 0 Å². The van der Waals surface area contributed by atoms with E-state index in [1.54, 1.807) is 18.3 Å². The molecular weight excluding hydrogens is 409 g/mol. The highest BCUT2D eigenvalue weighted by molar-refractivity contribution is 5.71. The Bertz CT molecular complexity index is 1100. The first-order chi connectivity index (χ1) is 15.0. The molecule has 160 valence electrons. The third-order valence-corrected chi connectivity index (χ3v) is 4.70. The van der Waals surface area contributed by atoms with E-state index < -0.39 is 11.7 Å². The second-order valence-corrected chi connectivity index (χ2v) is 6.85. The van der Waals surface area contributed by atoms with Gasteiger partial charge in [0.1, 0.15) is 12.1 Å². The van der Waals surface area contributed by atoms with Crippen molar-refractivity contribution in [3.05, 3.63) is 59.4 Å². The molecular formula is C22H19F3N4O2. The molecule has 0 N–H and O–H groups in total. The molecule has 0 saturated carbocycles. The van der Waals surface area contributed by atoms with Gasteiger partial charge in [-0.15, -0.1) is 0 Å². The molecule has 0 aliphatic carbocycles. The van der Waals surface area contributed by atoms with Crippen molar-refractivity contribution in [3.8, 4) is 17.7 Å². The van der Waals surface area contributed by atoms with Gasteiger partial charge in [0.05, 0.1) is 18.8 Å². The maximum absolute atomic E-state index is 12.7. The topological polar surface area (TPSA) is 60.4 Å². The second-order valence-electron chi connectivity index (χ2n) is 6.85. The van der Waals surface area contributed by atoms with E-state index in [2.05, 4.69) is 31.7 Å². The van der Waals surface area contributed by atoms with Crippen LogP contribution >= 0.6 is 0 Å². The smallest absolute Gasteiger partial charge is 0.416 e. The Labute approximate surface area is 177 Å². The average molecular weight is 428 g/mol. The van der Waals surface area contributed by atoms with E-state index >= 15 is 0 Å². The molecule has 9 heteroatoms. The fraction of sp³-hybridized carbons (Fsp3) is 0.318. The lowest BCUT2D eigenvalue weighted by atomic mass is 10.1. The number of ether oxygens (including phenoxy) is 2. The summed E-state index contributed by atoms with van der Waals surface area (Å²) in [6, 6.07) is 8.16. The highest BCUT2D eigenvalue weighted by Gasteiger charge is 2.29. The molecule has 0 unspecified atom stereocenters. The molecule has 0 amide bonds. The second kappa shape index (κ2) is 9.29. The molecule has 3 heterocycles. The molecule has 31 heavy (non-hydrogen) atoms. The number of fused-ring (bicyclic) bond motifs is 1. The van der Waals surface area contributed by atoms with E-state index in [0.717, 1.165) is 25.2 Å². The number of alkyl halides is 3. The van der Waals surface area contributed by atoms with Crippen LogP contribution in [0.1, 0.15) is 16.8 Å². The number of nitrogens with zero attached hydrogens (tertiary/aromatic N) is 4. The molecule has 1 aromatic carbocycles. The predicted octanol–water partition coefficient (Wildman–Crippen LogP) is 3.15. The summed E-state index contributed by atoms with van der Waals surface area (Å²) in [6.07, 6.45) is -2.79. The quantitative estimate of drug-likeness (QED) is 0.595. The number of aromatic nitrogens is 3. The molecule has 1 fully saturated rings. The van der Waals surface area contributed by atoms with Gasteiger partial charge in [0.15, 0.2) is 11.3 Å². The molecule has 0 spiro atoms. The fourth-order valence-corrected chi connectivity index (χ4v) is 3.03. The summed E-state index contributed by atoms with van der Waals surface area (Å²) < 4.78 is 49.4. The lowest BCUT2D eigenvalue weighted by Gasteiger charge is -2.26. The Morgan fingerprint density at radius 3 is 2.55 bits per heavy atom. The summed E-state index contributed by atoms with van der Waals surface area (Å²) >= 11 is 0. The summed E-state index contributed by atoms with van der Waals surface area (Å²) in [5.41, 5.74) is 0.979. The first kappa shape index (κ1) is 21.0. The number of halogens is 3. The van der Waals surface area contributed by atoms with Crippen molar-refractivity contribution in [2.45, 2.75) is 6.18 Å². The molecule has 1 aliphatic heterocycles. The molecule has 2 aromatic heterocycles. The number of hydrogen-bond donors (Lipinski definition) is 0. The van der Waals surface area contributed by atoms with Gasteiger partial charge in [-0.25, -0.2) is 15.0 Å². The van der Waals surface area contributed by atoms with Gasteiger partial charge < -0.3 is 9.47 Å². The van der Waals surface area contributed by atoms with Crippen LogP contribution in [-0.4, -0.2) is 59.3 Å². The van der Waals surface area contributed by atoms with E-state index in [4.69, 9.17) is 9.47 Å². The monoisotopic (exact) mass is 428 g/mol. The zero-order valence-electron chi connectivity index (χ0n) is 16.5. The molecule has 0 radical (unpaired) electrons. The van der Waals surface area contributed by atoms with Crippen LogP contribution in [0.25, 0.3) is 11.2 Å². The molecule has 3 aromatic rings. The molecule has 0 bridgehead atoms. The van der Waals surface area contributed by atoms with E-state index in [0.29, 0.717) is 43.1 Å². The van der Waals surface area contributed by atoms with Crippen LogP contribution in [0, 0.1) is 11.8 Å². The summed E-state index contributed by atoms with van der Waals surface area (Å²) in [7, 11) is 0. The zero-order valence-corrected chi connectivity index (χ0v) is 16.5. The standard InChI is InChI=1S/C22H19F3N4O2/c23-22(24,25)17-6-3-16(4-7-17)5-8-19-21(28-18-2-1-9-26-20(18)27-19)31-15-12-29-10-13-30-14-11-29/h1-4,6-7,9H,10-15H2. The Morgan fingerprint density at radius 2 is 1.81 bits per heavy atom. The van der Waals surface area contributed by atoms with Crippen molar-refractivity contribution in [1.29, 1.82) is 0 Å². The average Bonchev–Trinajstić information content (AvgIpc) is 2.78. The maximum atomic E-state index is 12.7. The number of morpholine rings is 1. The van der Waals surface area contributed by atoms with Crippen LogP contribution < -0.4 is 4.74 Å². The third-order valence-electron chi connectivity index (χ3n) is 4.70. The van der Waals surface area contributed by atoms with Crippen LogP contribution in [0.5, 0.6) is 5.88 Å². The normalized spacial score (nSPS) is 14.8. The Balaban J connectivity index is 1.55. The van der Waals surface area contributed by atoms with Crippen molar-refractivity contribution < 1.29 is 22.6 Å². The third kappa shape index (κ3) is 5.48. The first-order valence-electron chi connectivity index (χ1n) is 9.74. The lowest BCUT2D eigenvalue weighted by molar-refractivity contribution is -0.137. The molecule has 1 aliphatic rings. The Kier molecular flexibility index (Phi) is 6.30. The van der Waals surface area contributed by atoms with Crippen LogP contribution in [0.3, 0.4) is 0 Å². The van der Waals surface area contributed by atoms with Crippen LogP contribution in [-0.2, 0) is 10.9 Å². The first-order valence-corrected chi connectivity index (χ1v) is 9.74. The minimum absolute atomic E-state index is 0.271. The molecule has 0 atom stereocenters. The van der Waals surface area contributed by atoms with Crippen molar-refractivity contribution in [2.75, 3.05) is 39.5 Å². The lowest BCUT2D eigenvalue weighted by Crippen LogP contribution is -2.38. The molecule has 4 rings (SSSR count). The molecule has 6 nitrogen and oxygen atoms in total. The maximum Gasteiger partial charge on any atom is 0.416 e. The van der Waals surface area contributed by atoms with Gasteiger partial charge in [0, 0.05) is 31.4 Å². The summed E-state index contributed by atoms with van der Waals surface area (Å²) in [6.45, 7) is 4.20. The number of hydrogen-bond acceptors (Lipinski definition) is 6. The van der Waals surface area contributed by atoms with E-state index in [9.17, 15) is 13.2 Å². The van der Waals surface area contributed by atoms with Gasteiger partial charge in [0.2, 0.25) is 5.88 Å². The van der Waals surface area contributed by atoms with Crippen molar-refractivity contribution in [1.82, 2.24) is 19.9 Å². The van der Waals surface area contributed by atoms with Crippen molar-refractivity contribution >= 4 is 11.2 Å². The highest BCUT2D eigenvalue weighted by Crippen LogP contribution is 2.29. The summed E-state index contributed by atoms with van der Waals surface area (Å²) in [5.74, 6) is 5.97. The van der Waals surface area contributed by atoms with Crippen molar-refractivity contribution in [3.63, 3.8) is 0 Å². The highest BCUT2D eigenvalue weighted by atomic mass is 19.4. The Morgan fingerprint density at radius 1 is 1.03 bits per heavy atom. The zero-order chi connectivity index (χ0) is 21.7. The van der Waals surface area contributed by atoms with Crippen LogP contribution in [0.4, 0.5) is 13.2 Å². The van der Waals surface area contributed by atoms with Gasteiger partial charge in [-0.3, -0.25) is 4.90 Å². The van der Waals surface area contributed by atoms with E-state index in [1.807, 2.05) is 0 Å². The largest absolute Gasteiger partial charge is 0.474 e. The van der Waals surface area contributed by atoms with E-state index in [1.165, 1.54) is 12.1 Å². The van der Waals surface area contributed by atoms with E-state index in [-0.39, 0.29) is 11.6 Å². The number of benzene rings is 1. The fourth-order valence-electron chi connectivity index (χ4n) is 3.03. The minimum Gasteiger partial charge on any atom is -0.474 e. The molecule has 1 saturated heterocycles. The number of rotatable bonds is 4. The summed E-state index contributed by atoms with van der Waals surface area (Å²) in [5, 5.41) is 0. The van der Waals surface area contributed by atoms with Gasteiger partial charge in [-0.05, 0) is 42.3 Å². The van der Waals surface area contributed by atoms with Gasteiger partial charge >= 0.3 is 6.18 Å². The SMILES string of the molecule is FC(F)(F)c1ccc(C#Cc2nc3ncccc3nc2OCCN2CCOCC2)cc1. The van der Waals surface area contributed by atoms with Gasteiger partial charge in [0.25, 0.3) is 0 Å². The minimum atomic E-state index is -4.39. The van der Waals surface area contributed by atoms with Crippen LogP contribution in [0.15, 0.2) is 42.6 Å². The predicted molar refractivity (Wildman–Crippen MR) is 108 cm³/mol.